The van der Waals surface area contributed by atoms with Crippen LogP contribution in [0.4, 0.5) is 0 Å². The van der Waals surface area contributed by atoms with Gasteiger partial charge in [0.05, 0.1) is 5.56 Å². The predicted octanol–water partition coefficient (Wildman–Crippen LogP) is 1.40. The van der Waals surface area contributed by atoms with Crippen molar-refractivity contribution >= 4 is 11.8 Å². The standard InChI is InChI=1S/C16H18N4O2/c1-12(21)17-8-5-9-18-16(22)14-10-19-15(20-11-14)13-6-3-2-4-7-13/h2-4,6-7,10-11H,5,8-9H2,1H3,(H,17,21)(H,18,22). The number of nitrogens with one attached hydrogen (secondary N) is 2. The van der Waals surface area contributed by atoms with Crippen molar-refractivity contribution in [3.8, 4) is 11.4 Å². The Balaban J connectivity index is 1.85. The number of carbonyl (C=O) groups excluding carboxylic acids is 2. The maximum Gasteiger partial charge on any atom is 0.254 e. The summed E-state index contributed by atoms with van der Waals surface area (Å²) >= 11 is 0. The lowest BCUT2D eigenvalue weighted by Crippen LogP contribution is -2.28. The quantitative estimate of drug-likeness (QED) is 0.790. The third-order valence-electron chi connectivity index (χ3n) is 2.96. The minimum Gasteiger partial charge on any atom is -0.356 e. The summed E-state index contributed by atoms with van der Waals surface area (Å²) in [6, 6.07) is 9.57. The average Bonchev–Trinajstić information content (AvgIpc) is 2.55. The minimum absolute atomic E-state index is 0.0729. The number of hydrogen-bond acceptors (Lipinski definition) is 4. The Bertz CT molecular complexity index is 626. The summed E-state index contributed by atoms with van der Waals surface area (Å²) in [5.41, 5.74) is 1.32. The van der Waals surface area contributed by atoms with Gasteiger partial charge in [-0.15, -0.1) is 0 Å². The molecule has 0 radical (unpaired) electrons. The van der Waals surface area contributed by atoms with Crippen LogP contribution in [0.2, 0.25) is 0 Å². The first-order chi connectivity index (χ1) is 10.7. The zero-order chi connectivity index (χ0) is 15.8. The molecule has 22 heavy (non-hydrogen) atoms. The number of carbonyl (C=O) groups is 2. The number of hydrogen-bond donors (Lipinski definition) is 2. The average molecular weight is 298 g/mol. The number of rotatable bonds is 6. The molecule has 0 aliphatic carbocycles. The summed E-state index contributed by atoms with van der Waals surface area (Å²) in [5.74, 6) is 0.293. The SMILES string of the molecule is CC(=O)NCCCNC(=O)c1cnc(-c2ccccc2)nc1. The molecule has 0 aliphatic heterocycles. The molecule has 1 aromatic heterocycles. The second kappa shape index (κ2) is 7.87. The van der Waals surface area contributed by atoms with Crippen LogP contribution in [0.5, 0.6) is 0 Å². The van der Waals surface area contributed by atoms with Crippen LogP contribution in [-0.2, 0) is 4.79 Å². The van der Waals surface area contributed by atoms with Gasteiger partial charge in [0.1, 0.15) is 0 Å². The molecule has 2 amide bonds. The summed E-state index contributed by atoms with van der Waals surface area (Å²) in [5, 5.41) is 5.43. The van der Waals surface area contributed by atoms with E-state index in [1.807, 2.05) is 30.3 Å². The van der Waals surface area contributed by atoms with Gasteiger partial charge in [-0.3, -0.25) is 9.59 Å². The van der Waals surface area contributed by atoms with Crippen molar-refractivity contribution in [1.82, 2.24) is 20.6 Å². The van der Waals surface area contributed by atoms with Gasteiger partial charge in [-0.2, -0.15) is 0 Å². The zero-order valence-electron chi connectivity index (χ0n) is 12.4. The Labute approximate surface area is 129 Å². The first kappa shape index (κ1) is 15.6. The highest BCUT2D eigenvalue weighted by atomic mass is 16.2. The molecule has 0 saturated heterocycles. The van der Waals surface area contributed by atoms with E-state index < -0.39 is 0 Å². The second-order valence-electron chi connectivity index (χ2n) is 4.75. The maximum absolute atomic E-state index is 11.9. The number of amides is 2. The molecule has 6 heteroatoms. The summed E-state index contributed by atoms with van der Waals surface area (Å²) in [6.07, 6.45) is 3.70. The lowest BCUT2D eigenvalue weighted by Gasteiger charge is -2.06. The highest BCUT2D eigenvalue weighted by Gasteiger charge is 2.07. The normalized spacial score (nSPS) is 10.0. The molecule has 0 fully saturated rings. The van der Waals surface area contributed by atoms with Crippen LogP contribution < -0.4 is 10.6 Å². The highest BCUT2D eigenvalue weighted by Crippen LogP contribution is 2.12. The number of benzene rings is 1. The van der Waals surface area contributed by atoms with Crippen molar-refractivity contribution < 1.29 is 9.59 Å². The fourth-order valence-electron chi connectivity index (χ4n) is 1.84. The van der Waals surface area contributed by atoms with Crippen LogP contribution >= 0.6 is 0 Å². The Morgan fingerprint density at radius 1 is 1.00 bits per heavy atom. The number of aromatic nitrogens is 2. The second-order valence-corrected chi connectivity index (χ2v) is 4.75. The molecule has 0 aliphatic rings. The Kier molecular flexibility index (Phi) is 5.59. The molecular weight excluding hydrogens is 280 g/mol. The Hall–Kier alpha value is -2.76. The van der Waals surface area contributed by atoms with Crippen molar-refractivity contribution in [3.05, 3.63) is 48.3 Å². The number of nitrogens with zero attached hydrogens (tertiary/aromatic N) is 2. The summed E-state index contributed by atoms with van der Waals surface area (Å²) in [7, 11) is 0. The summed E-state index contributed by atoms with van der Waals surface area (Å²) in [6.45, 7) is 2.49. The molecule has 0 spiro atoms. The lowest BCUT2D eigenvalue weighted by molar-refractivity contribution is -0.118. The molecule has 0 bridgehead atoms. The topological polar surface area (TPSA) is 84.0 Å². The van der Waals surface area contributed by atoms with Gasteiger partial charge in [0.2, 0.25) is 5.91 Å². The van der Waals surface area contributed by atoms with Gasteiger partial charge in [-0.1, -0.05) is 30.3 Å². The molecule has 2 aromatic rings. The molecule has 0 atom stereocenters. The molecule has 1 heterocycles. The predicted molar refractivity (Wildman–Crippen MR) is 83.1 cm³/mol. The van der Waals surface area contributed by atoms with Crippen LogP contribution in [0.3, 0.4) is 0 Å². The van der Waals surface area contributed by atoms with E-state index in [1.165, 1.54) is 19.3 Å². The van der Waals surface area contributed by atoms with Crippen molar-refractivity contribution in [1.29, 1.82) is 0 Å². The van der Waals surface area contributed by atoms with Gasteiger partial charge >= 0.3 is 0 Å². The zero-order valence-corrected chi connectivity index (χ0v) is 12.4. The molecular formula is C16H18N4O2. The molecule has 0 unspecified atom stereocenters. The fraction of sp³-hybridized carbons (Fsp3) is 0.250. The van der Waals surface area contributed by atoms with Gasteiger partial charge in [0, 0.05) is 38.0 Å². The van der Waals surface area contributed by atoms with Gasteiger partial charge in [-0.25, -0.2) is 9.97 Å². The molecule has 114 valence electrons. The third kappa shape index (κ3) is 4.66. The van der Waals surface area contributed by atoms with Gasteiger partial charge in [0.15, 0.2) is 5.82 Å². The van der Waals surface area contributed by atoms with Crippen molar-refractivity contribution in [2.24, 2.45) is 0 Å². The molecule has 6 nitrogen and oxygen atoms in total. The van der Waals surface area contributed by atoms with Crippen LogP contribution in [0.15, 0.2) is 42.7 Å². The molecule has 2 rings (SSSR count). The monoisotopic (exact) mass is 298 g/mol. The van der Waals surface area contributed by atoms with Crippen molar-refractivity contribution in [3.63, 3.8) is 0 Å². The highest BCUT2D eigenvalue weighted by molar-refractivity contribution is 5.93. The Morgan fingerprint density at radius 3 is 2.27 bits per heavy atom. The fourth-order valence-corrected chi connectivity index (χ4v) is 1.84. The first-order valence-electron chi connectivity index (χ1n) is 7.07. The van der Waals surface area contributed by atoms with E-state index in [2.05, 4.69) is 20.6 Å². The molecule has 1 aromatic carbocycles. The summed E-state index contributed by atoms with van der Waals surface area (Å²) < 4.78 is 0. The lowest BCUT2D eigenvalue weighted by atomic mass is 10.2. The minimum atomic E-state index is -0.220. The van der Waals surface area contributed by atoms with E-state index >= 15 is 0 Å². The van der Waals surface area contributed by atoms with E-state index in [0.29, 0.717) is 30.9 Å². The smallest absolute Gasteiger partial charge is 0.254 e. The van der Waals surface area contributed by atoms with Crippen LogP contribution in [0, 0.1) is 0 Å². The van der Waals surface area contributed by atoms with Crippen LogP contribution in [-0.4, -0.2) is 34.9 Å². The van der Waals surface area contributed by atoms with Gasteiger partial charge < -0.3 is 10.6 Å². The molecule has 0 saturated carbocycles. The molecule has 2 N–H and O–H groups in total. The van der Waals surface area contributed by atoms with E-state index in [0.717, 1.165) is 5.56 Å². The largest absolute Gasteiger partial charge is 0.356 e. The van der Waals surface area contributed by atoms with Crippen LogP contribution in [0.25, 0.3) is 11.4 Å². The first-order valence-corrected chi connectivity index (χ1v) is 7.07. The van der Waals surface area contributed by atoms with E-state index in [9.17, 15) is 9.59 Å². The Morgan fingerprint density at radius 2 is 1.64 bits per heavy atom. The maximum atomic E-state index is 11.9. The third-order valence-corrected chi connectivity index (χ3v) is 2.96. The van der Waals surface area contributed by atoms with Gasteiger partial charge in [-0.05, 0) is 6.42 Å². The summed E-state index contributed by atoms with van der Waals surface area (Å²) in [4.78, 5) is 31.0. The van der Waals surface area contributed by atoms with Gasteiger partial charge in [0.25, 0.3) is 5.91 Å². The van der Waals surface area contributed by atoms with Crippen molar-refractivity contribution in [2.75, 3.05) is 13.1 Å². The van der Waals surface area contributed by atoms with E-state index in [1.54, 1.807) is 0 Å². The van der Waals surface area contributed by atoms with Crippen molar-refractivity contribution in [2.45, 2.75) is 13.3 Å². The van der Waals surface area contributed by atoms with E-state index in [4.69, 9.17) is 0 Å². The van der Waals surface area contributed by atoms with E-state index in [-0.39, 0.29) is 11.8 Å². The van der Waals surface area contributed by atoms with Crippen LogP contribution in [0.1, 0.15) is 23.7 Å².